The Kier molecular flexibility index (Phi) is 5.21. The molecule has 0 bridgehead atoms. The maximum atomic E-state index is 11.7. The molecule has 6 nitrogen and oxygen atoms in total. The van der Waals surface area contributed by atoms with E-state index >= 15 is 0 Å². The van der Waals surface area contributed by atoms with Crippen molar-refractivity contribution in [3.63, 3.8) is 0 Å². The monoisotopic (exact) mass is 243 g/mol. The maximum Gasteiger partial charge on any atom is 0.317 e. The fraction of sp³-hybridized carbons (Fsp3) is 0.818. The highest BCUT2D eigenvalue weighted by molar-refractivity contribution is 5.75. The molecule has 1 saturated heterocycles. The number of nitrogens with one attached hydrogen (secondary N) is 1. The van der Waals surface area contributed by atoms with Crippen molar-refractivity contribution in [1.82, 2.24) is 15.1 Å². The molecule has 98 valence electrons. The molecule has 1 aliphatic rings. The summed E-state index contributed by atoms with van der Waals surface area (Å²) < 4.78 is 0. The van der Waals surface area contributed by atoms with Crippen molar-refractivity contribution in [1.29, 1.82) is 0 Å². The molecular weight excluding hydrogens is 222 g/mol. The number of carboxylic acid groups (broad SMARTS) is 1. The summed E-state index contributed by atoms with van der Waals surface area (Å²) in [6, 6.07) is 0.0325. The summed E-state index contributed by atoms with van der Waals surface area (Å²) in [4.78, 5) is 25.9. The van der Waals surface area contributed by atoms with E-state index in [9.17, 15) is 9.59 Å². The SMILES string of the molecule is CN1CCCC(N(C)C(=O)NCCC(=O)O)C1. The van der Waals surface area contributed by atoms with Crippen LogP contribution in [-0.2, 0) is 4.79 Å². The second-order valence-electron chi connectivity index (χ2n) is 4.54. The molecule has 6 heteroatoms. The second-order valence-corrected chi connectivity index (χ2v) is 4.54. The zero-order valence-electron chi connectivity index (χ0n) is 10.5. The second kappa shape index (κ2) is 6.44. The molecule has 0 radical (unpaired) electrons. The Balaban J connectivity index is 2.32. The Hall–Kier alpha value is -1.30. The van der Waals surface area contributed by atoms with E-state index in [4.69, 9.17) is 5.11 Å². The van der Waals surface area contributed by atoms with Gasteiger partial charge >= 0.3 is 12.0 Å². The van der Waals surface area contributed by atoms with Crippen LogP contribution in [0.1, 0.15) is 19.3 Å². The lowest BCUT2D eigenvalue weighted by molar-refractivity contribution is -0.136. The number of urea groups is 1. The third kappa shape index (κ3) is 4.60. The first-order valence-corrected chi connectivity index (χ1v) is 5.91. The molecule has 1 heterocycles. The molecule has 1 unspecified atom stereocenters. The molecule has 1 atom stereocenters. The zero-order valence-corrected chi connectivity index (χ0v) is 10.5. The molecule has 1 fully saturated rings. The number of hydrogen-bond donors (Lipinski definition) is 2. The van der Waals surface area contributed by atoms with E-state index in [0.717, 1.165) is 25.9 Å². The molecule has 2 N–H and O–H groups in total. The first-order valence-electron chi connectivity index (χ1n) is 5.91. The first-order chi connectivity index (χ1) is 8.00. The van der Waals surface area contributed by atoms with Crippen LogP contribution in [0.5, 0.6) is 0 Å². The Bertz CT molecular complexity index is 283. The topological polar surface area (TPSA) is 72.9 Å². The van der Waals surface area contributed by atoms with Crippen LogP contribution < -0.4 is 5.32 Å². The quantitative estimate of drug-likeness (QED) is 0.739. The zero-order chi connectivity index (χ0) is 12.8. The number of carbonyl (C=O) groups excluding carboxylic acids is 1. The minimum atomic E-state index is -0.898. The van der Waals surface area contributed by atoms with Crippen LogP contribution in [0.15, 0.2) is 0 Å². The summed E-state index contributed by atoms with van der Waals surface area (Å²) >= 11 is 0. The minimum Gasteiger partial charge on any atom is -0.481 e. The van der Waals surface area contributed by atoms with Crippen molar-refractivity contribution in [3.05, 3.63) is 0 Å². The molecule has 0 spiro atoms. The summed E-state index contributed by atoms with van der Waals surface area (Å²) in [5.41, 5.74) is 0. The number of piperidine rings is 1. The van der Waals surface area contributed by atoms with Crippen molar-refractivity contribution in [2.45, 2.75) is 25.3 Å². The van der Waals surface area contributed by atoms with E-state index in [2.05, 4.69) is 10.2 Å². The van der Waals surface area contributed by atoms with E-state index < -0.39 is 5.97 Å². The van der Waals surface area contributed by atoms with Gasteiger partial charge in [-0.1, -0.05) is 0 Å². The van der Waals surface area contributed by atoms with Gasteiger partial charge in [-0.15, -0.1) is 0 Å². The van der Waals surface area contributed by atoms with Gasteiger partial charge in [-0.05, 0) is 26.4 Å². The smallest absolute Gasteiger partial charge is 0.317 e. The van der Waals surface area contributed by atoms with Crippen LogP contribution in [0.4, 0.5) is 4.79 Å². The van der Waals surface area contributed by atoms with Gasteiger partial charge in [0.25, 0.3) is 0 Å². The highest BCUT2D eigenvalue weighted by atomic mass is 16.4. The summed E-state index contributed by atoms with van der Waals surface area (Å²) in [5, 5.41) is 11.1. The average Bonchev–Trinajstić information content (AvgIpc) is 2.27. The van der Waals surface area contributed by atoms with Crippen LogP contribution in [0.3, 0.4) is 0 Å². The molecule has 0 aromatic carbocycles. The standard InChI is InChI=1S/C11H21N3O3/c1-13-7-3-4-9(8-13)14(2)11(17)12-6-5-10(15)16/h9H,3-8H2,1-2H3,(H,12,17)(H,15,16). The molecule has 1 rings (SSSR count). The first kappa shape index (κ1) is 13.8. The van der Waals surface area contributed by atoms with Crippen molar-refractivity contribution >= 4 is 12.0 Å². The number of carbonyl (C=O) groups is 2. The Morgan fingerprint density at radius 3 is 2.82 bits per heavy atom. The van der Waals surface area contributed by atoms with Crippen LogP contribution in [0.2, 0.25) is 0 Å². The predicted octanol–water partition coefficient (Wildman–Crippen LogP) is 0.197. The van der Waals surface area contributed by atoms with Gasteiger partial charge < -0.3 is 20.2 Å². The molecule has 17 heavy (non-hydrogen) atoms. The maximum absolute atomic E-state index is 11.7. The lowest BCUT2D eigenvalue weighted by Gasteiger charge is -2.35. The summed E-state index contributed by atoms with van der Waals surface area (Å²) in [6.45, 7) is 2.13. The average molecular weight is 243 g/mol. The largest absolute Gasteiger partial charge is 0.481 e. The van der Waals surface area contributed by atoms with Gasteiger partial charge in [-0.25, -0.2) is 4.79 Å². The van der Waals surface area contributed by atoms with Gasteiger partial charge in [0.05, 0.1) is 6.42 Å². The highest BCUT2D eigenvalue weighted by Gasteiger charge is 2.24. The van der Waals surface area contributed by atoms with E-state index in [1.165, 1.54) is 0 Å². The van der Waals surface area contributed by atoms with Gasteiger partial charge in [0.1, 0.15) is 0 Å². The van der Waals surface area contributed by atoms with Crippen LogP contribution in [0, 0.1) is 0 Å². The summed E-state index contributed by atoms with van der Waals surface area (Å²) in [5.74, 6) is -0.898. The van der Waals surface area contributed by atoms with E-state index in [1.54, 1.807) is 11.9 Å². The Labute approximate surface area is 102 Å². The van der Waals surface area contributed by atoms with Gasteiger partial charge in [-0.2, -0.15) is 0 Å². The number of nitrogens with zero attached hydrogens (tertiary/aromatic N) is 2. The highest BCUT2D eigenvalue weighted by Crippen LogP contribution is 2.13. The number of hydrogen-bond acceptors (Lipinski definition) is 3. The molecular formula is C11H21N3O3. The van der Waals surface area contributed by atoms with Gasteiger partial charge in [-0.3, -0.25) is 4.79 Å². The third-order valence-electron chi connectivity index (χ3n) is 3.08. The number of aliphatic carboxylic acids is 1. The molecule has 0 aromatic heterocycles. The van der Waals surface area contributed by atoms with Crippen molar-refractivity contribution in [2.75, 3.05) is 33.7 Å². The fourth-order valence-corrected chi connectivity index (χ4v) is 2.02. The van der Waals surface area contributed by atoms with Crippen molar-refractivity contribution in [3.8, 4) is 0 Å². The lowest BCUT2D eigenvalue weighted by atomic mass is 10.1. The lowest BCUT2D eigenvalue weighted by Crippen LogP contribution is -2.50. The van der Waals surface area contributed by atoms with Crippen LogP contribution in [0.25, 0.3) is 0 Å². The summed E-state index contributed by atoms with van der Waals surface area (Å²) in [6.07, 6.45) is 2.06. The number of rotatable bonds is 4. The Morgan fingerprint density at radius 1 is 1.53 bits per heavy atom. The molecule has 2 amide bonds. The van der Waals surface area contributed by atoms with Crippen molar-refractivity contribution in [2.24, 2.45) is 0 Å². The predicted molar refractivity (Wildman–Crippen MR) is 63.9 cm³/mol. The molecule has 0 aromatic rings. The van der Waals surface area contributed by atoms with Crippen LogP contribution in [-0.4, -0.2) is 66.7 Å². The minimum absolute atomic E-state index is 0.0376. The molecule has 1 aliphatic heterocycles. The fourth-order valence-electron chi connectivity index (χ4n) is 2.02. The van der Waals surface area contributed by atoms with Gasteiger partial charge in [0.15, 0.2) is 0 Å². The third-order valence-corrected chi connectivity index (χ3v) is 3.08. The van der Waals surface area contributed by atoms with Crippen molar-refractivity contribution < 1.29 is 14.7 Å². The number of carboxylic acids is 1. The Morgan fingerprint density at radius 2 is 2.24 bits per heavy atom. The van der Waals surface area contributed by atoms with Gasteiger partial charge in [0, 0.05) is 26.2 Å². The number of likely N-dealkylation sites (tertiary alicyclic amines) is 1. The van der Waals surface area contributed by atoms with Gasteiger partial charge in [0.2, 0.25) is 0 Å². The normalized spacial score (nSPS) is 20.9. The van der Waals surface area contributed by atoms with E-state index in [-0.39, 0.29) is 25.0 Å². The van der Waals surface area contributed by atoms with Crippen LogP contribution >= 0.6 is 0 Å². The number of likely N-dealkylation sites (N-methyl/N-ethyl adjacent to an activating group) is 2. The molecule has 0 saturated carbocycles. The summed E-state index contributed by atoms with van der Waals surface area (Å²) in [7, 11) is 3.81. The van der Waals surface area contributed by atoms with E-state index in [1.807, 2.05) is 7.05 Å². The number of amides is 2. The van der Waals surface area contributed by atoms with E-state index in [0.29, 0.717) is 0 Å². The molecule has 0 aliphatic carbocycles.